The van der Waals surface area contributed by atoms with Crippen LogP contribution in [0.3, 0.4) is 0 Å². The van der Waals surface area contributed by atoms with Crippen LogP contribution in [0.25, 0.3) is 0 Å². The van der Waals surface area contributed by atoms with E-state index in [1.807, 2.05) is 0 Å². The lowest BCUT2D eigenvalue weighted by atomic mass is 9.81. The highest BCUT2D eigenvalue weighted by Gasteiger charge is 2.63. The van der Waals surface area contributed by atoms with Gasteiger partial charge in [-0.1, -0.05) is 19.0 Å². The van der Waals surface area contributed by atoms with Crippen LogP contribution in [0.15, 0.2) is 5.16 Å². The van der Waals surface area contributed by atoms with Crippen LogP contribution in [0.1, 0.15) is 40.0 Å². The van der Waals surface area contributed by atoms with E-state index in [-0.39, 0.29) is 5.54 Å². The Kier molecular flexibility index (Phi) is 3.21. The SMILES string of the molecule is CC1(C)[C@@H]2C/C(=N\O)[C@@](C)(NCCCN)C[C@@H]21. The topological polar surface area (TPSA) is 70.6 Å². The summed E-state index contributed by atoms with van der Waals surface area (Å²) in [6, 6.07) is 0. The van der Waals surface area contributed by atoms with Gasteiger partial charge < -0.3 is 16.3 Å². The maximum absolute atomic E-state index is 9.21. The van der Waals surface area contributed by atoms with Gasteiger partial charge in [-0.25, -0.2) is 0 Å². The minimum atomic E-state index is -0.140. The third-order valence-corrected chi connectivity index (χ3v) is 4.98. The van der Waals surface area contributed by atoms with Gasteiger partial charge in [0.2, 0.25) is 0 Å². The molecule has 2 fully saturated rings. The van der Waals surface area contributed by atoms with Crippen LogP contribution in [0.5, 0.6) is 0 Å². The molecule has 0 saturated heterocycles. The Bertz CT molecular complexity index is 327. The van der Waals surface area contributed by atoms with Crippen LogP contribution in [-0.4, -0.2) is 29.5 Å². The molecule has 98 valence electrons. The zero-order valence-electron chi connectivity index (χ0n) is 11.2. The van der Waals surface area contributed by atoms with Gasteiger partial charge in [-0.3, -0.25) is 0 Å². The summed E-state index contributed by atoms with van der Waals surface area (Å²) in [5.41, 5.74) is 6.71. The van der Waals surface area contributed by atoms with Crippen molar-refractivity contribution >= 4 is 5.71 Å². The van der Waals surface area contributed by atoms with Gasteiger partial charge in [0, 0.05) is 0 Å². The van der Waals surface area contributed by atoms with Gasteiger partial charge in [-0.05, 0) is 56.5 Å². The maximum Gasteiger partial charge on any atom is 0.0771 e. The highest BCUT2D eigenvalue weighted by Crippen LogP contribution is 2.65. The molecule has 0 spiro atoms. The fourth-order valence-electron chi connectivity index (χ4n) is 3.45. The smallest absolute Gasteiger partial charge is 0.0771 e. The number of fused-ring (bicyclic) bond motifs is 1. The standard InChI is InChI=1S/C13H25N3O/c1-12(2)9-7-11(16-17)13(3,8-10(9)12)15-6-4-5-14/h9-10,15,17H,4-8,14H2,1-3H3/b16-11+/t9-,10+,13+/m1/s1. The first-order valence-corrected chi connectivity index (χ1v) is 6.62. The van der Waals surface area contributed by atoms with Crippen molar-refractivity contribution in [3.05, 3.63) is 0 Å². The maximum atomic E-state index is 9.21. The molecular weight excluding hydrogens is 214 g/mol. The number of oxime groups is 1. The van der Waals surface area contributed by atoms with Gasteiger partial charge in [0.25, 0.3) is 0 Å². The first-order valence-electron chi connectivity index (χ1n) is 6.62. The lowest BCUT2D eigenvalue weighted by molar-refractivity contribution is 0.293. The van der Waals surface area contributed by atoms with E-state index in [4.69, 9.17) is 5.73 Å². The summed E-state index contributed by atoms with van der Waals surface area (Å²) in [6.07, 6.45) is 2.97. The van der Waals surface area contributed by atoms with Crippen LogP contribution in [0, 0.1) is 17.3 Å². The van der Waals surface area contributed by atoms with Crippen LogP contribution < -0.4 is 11.1 Å². The van der Waals surface area contributed by atoms with Crippen molar-refractivity contribution in [2.75, 3.05) is 13.1 Å². The molecule has 4 N–H and O–H groups in total. The third-order valence-electron chi connectivity index (χ3n) is 4.98. The Morgan fingerprint density at radius 1 is 1.41 bits per heavy atom. The van der Waals surface area contributed by atoms with Crippen LogP contribution in [0.4, 0.5) is 0 Å². The van der Waals surface area contributed by atoms with Crippen LogP contribution >= 0.6 is 0 Å². The van der Waals surface area contributed by atoms with E-state index in [9.17, 15) is 5.21 Å². The molecule has 2 rings (SSSR count). The van der Waals surface area contributed by atoms with Crippen molar-refractivity contribution < 1.29 is 5.21 Å². The minimum Gasteiger partial charge on any atom is -0.411 e. The molecule has 2 aliphatic carbocycles. The van der Waals surface area contributed by atoms with Crippen LogP contribution in [0.2, 0.25) is 0 Å². The predicted molar refractivity (Wildman–Crippen MR) is 69.3 cm³/mol. The van der Waals surface area contributed by atoms with E-state index in [2.05, 4.69) is 31.2 Å². The second-order valence-corrected chi connectivity index (χ2v) is 6.39. The number of nitrogens with zero attached hydrogens (tertiary/aromatic N) is 1. The van der Waals surface area contributed by atoms with Gasteiger partial charge >= 0.3 is 0 Å². The van der Waals surface area contributed by atoms with E-state index >= 15 is 0 Å². The first-order chi connectivity index (χ1) is 7.95. The van der Waals surface area contributed by atoms with E-state index in [0.717, 1.165) is 37.4 Å². The Morgan fingerprint density at radius 3 is 2.71 bits per heavy atom. The minimum absolute atomic E-state index is 0.140. The number of nitrogens with one attached hydrogen (secondary N) is 1. The van der Waals surface area contributed by atoms with Crippen molar-refractivity contribution in [2.24, 2.45) is 28.1 Å². The molecule has 0 aromatic carbocycles. The Labute approximate surface area is 104 Å². The normalized spacial score (nSPS) is 41.3. The molecule has 4 heteroatoms. The summed E-state index contributed by atoms with van der Waals surface area (Å²) in [7, 11) is 0. The quantitative estimate of drug-likeness (QED) is 0.396. The van der Waals surface area contributed by atoms with Crippen molar-refractivity contribution in [2.45, 2.75) is 45.6 Å². The summed E-state index contributed by atoms with van der Waals surface area (Å²) in [6.45, 7) is 8.39. The molecule has 0 amide bonds. The predicted octanol–water partition coefficient (Wildman–Crippen LogP) is 1.58. The zero-order valence-corrected chi connectivity index (χ0v) is 11.2. The summed E-state index contributed by atoms with van der Waals surface area (Å²) in [5, 5.41) is 16.3. The van der Waals surface area contributed by atoms with E-state index < -0.39 is 0 Å². The van der Waals surface area contributed by atoms with Crippen molar-refractivity contribution in [1.82, 2.24) is 5.32 Å². The summed E-state index contributed by atoms with van der Waals surface area (Å²) in [5.74, 6) is 1.47. The molecule has 0 aromatic rings. The average Bonchev–Trinajstić information content (AvgIpc) is 2.79. The van der Waals surface area contributed by atoms with Gasteiger partial charge in [0.05, 0.1) is 11.3 Å². The van der Waals surface area contributed by atoms with Crippen molar-refractivity contribution in [1.29, 1.82) is 0 Å². The third kappa shape index (κ3) is 2.08. The molecule has 0 unspecified atom stereocenters. The molecule has 0 radical (unpaired) electrons. The van der Waals surface area contributed by atoms with Gasteiger partial charge in [0.15, 0.2) is 0 Å². The second kappa shape index (κ2) is 4.25. The molecule has 17 heavy (non-hydrogen) atoms. The fraction of sp³-hybridized carbons (Fsp3) is 0.923. The van der Waals surface area contributed by atoms with Crippen molar-refractivity contribution in [3.63, 3.8) is 0 Å². The largest absolute Gasteiger partial charge is 0.411 e. The van der Waals surface area contributed by atoms with E-state index in [0.29, 0.717) is 17.9 Å². The molecule has 0 heterocycles. The number of nitrogens with two attached hydrogens (primary N) is 1. The molecule has 4 nitrogen and oxygen atoms in total. The van der Waals surface area contributed by atoms with Gasteiger partial charge in [-0.2, -0.15) is 0 Å². The zero-order chi connectivity index (χ0) is 12.7. The number of hydrogen-bond donors (Lipinski definition) is 3. The average molecular weight is 239 g/mol. The lowest BCUT2D eigenvalue weighted by Gasteiger charge is -2.35. The molecule has 2 aliphatic rings. The molecule has 2 saturated carbocycles. The highest BCUT2D eigenvalue weighted by molar-refractivity contribution is 5.94. The molecule has 0 aromatic heterocycles. The Hall–Kier alpha value is -0.610. The van der Waals surface area contributed by atoms with Gasteiger partial charge in [0.1, 0.15) is 0 Å². The fourth-order valence-corrected chi connectivity index (χ4v) is 3.45. The highest BCUT2D eigenvalue weighted by atomic mass is 16.4. The summed E-state index contributed by atoms with van der Waals surface area (Å²) < 4.78 is 0. The lowest BCUT2D eigenvalue weighted by Crippen LogP contribution is -2.52. The molecule has 3 atom stereocenters. The Morgan fingerprint density at radius 2 is 2.12 bits per heavy atom. The van der Waals surface area contributed by atoms with Crippen molar-refractivity contribution in [3.8, 4) is 0 Å². The van der Waals surface area contributed by atoms with Gasteiger partial charge in [-0.15, -0.1) is 0 Å². The summed E-state index contributed by atoms with van der Waals surface area (Å²) >= 11 is 0. The van der Waals surface area contributed by atoms with E-state index in [1.165, 1.54) is 0 Å². The number of rotatable bonds is 4. The number of hydrogen-bond acceptors (Lipinski definition) is 4. The van der Waals surface area contributed by atoms with Crippen LogP contribution in [-0.2, 0) is 0 Å². The second-order valence-electron chi connectivity index (χ2n) is 6.39. The first kappa shape index (κ1) is 12.8. The molecule has 0 aliphatic heterocycles. The molecule has 0 bridgehead atoms. The summed E-state index contributed by atoms with van der Waals surface area (Å²) in [4.78, 5) is 0. The monoisotopic (exact) mass is 239 g/mol. The van der Waals surface area contributed by atoms with E-state index in [1.54, 1.807) is 0 Å². The molecular formula is C13H25N3O. The Balaban J connectivity index is 2.05.